The lowest BCUT2D eigenvalue weighted by Crippen LogP contribution is -2.17. The van der Waals surface area contributed by atoms with E-state index in [1.165, 1.54) is 5.56 Å². The lowest BCUT2D eigenvalue weighted by atomic mass is 10.1. The van der Waals surface area contributed by atoms with Crippen LogP contribution in [0.25, 0.3) is 5.69 Å². The molecule has 1 aromatic carbocycles. The second kappa shape index (κ2) is 6.82. The zero-order valence-electron chi connectivity index (χ0n) is 11.4. The summed E-state index contributed by atoms with van der Waals surface area (Å²) >= 11 is 3.51. The van der Waals surface area contributed by atoms with Crippen LogP contribution in [0.1, 0.15) is 31.5 Å². The van der Waals surface area contributed by atoms with Crippen LogP contribution in [0.5, 0.6) is 0 Å². The highest BCUT2D eigenvalue weighted by atomic mass is 79.9. The molecule has 0 aliphatic rings. The van der Waals surface area contributed by atoms with Crippen molar-refractivity contribution in [2.24, 2.45) is 0 Å². The first-order valence-electron chi connectivity index (χ1n) is 6.65. The predicted molar refractivity (Wildman–Crippen MR) is 80.4 cm³/mol. The Morgan fingerprint density at radius 1 is 1.32 bits per heavy atom. The molecule has 0 saturated heterocycles. The molecular weight excluding hydrogens is 304 g/mol. The van der Waals surface area contributed by atoms with Crippen LogP contribution in [0.15, 0.2) is 28.9 Å². The van der Waals surface area contributed by atoms with Crippen molar-refractivity contribution in [2.45, 2.75) is 33.2 Å². The second-order valence-electron chi connectivity index (χ2n) is 4.44. The smallest absolute Gasteiger partial charge is 0.0783 e. The zero-order valence-corrected chi connectivity index (χ0v) is 12.9. The van der Waals surface area contributed by atoms with Crippen LogP contribution in [0.3, 0.4) is 0 Å². The molecular formula is C14H19BrN4. The van der Waals surface area contributed by atoms with E-state index in [0.717, 1.165) is 41.8 Å². The van der Waals surface area contributed by atoms with Gasteiger partial charge in [0.25, 0.3) is 0 Å². The Morgan fingerprint density at radius 2 is 2.16 bits per heavy atom. The zero-order chi connectivity index (χ0) is 13.7. The number of nitrogens with one attached hydrogen (secondary N) is 1. The SMILES string of the molecule is CCCNCc1cnnn1-c1ccc(Br)cc1CC. The maximum Gasteiger partial charge on any atom is 0.0783 e. The van der Waals surface area contributed by atoms with E-state index < -0.39 is 0 Å². The minimum Gasteiger partial charge on any atom is -0.311 e. The van der Waals surface area contributed by atoms with Crippen LogP contribution in [-0.2, 0) is 13.0 Å². The molecule has 2 rings (SSSR count). The van der Waals surface area contributed by atoms with Crippen LogP contribution >= 0.6 is 15.9 Å². The van der Waals surface area contributed by atoms with Crippen molar-refractivity contribution in [1.29, 1.82) is 0 Å². The minimum atomic E-state index is 0.792. The van der Waals surface area contributed by atoms with Crippen LogP contribution in [0.4, 0.5) is 0 Å². The fraction of sp³-hybridized carbons (Fsp3) is 0.429. The van der Waals surface area contributed by atoms with E-state index in [4.69, 9.17) is 0 Å². The first-order valence-corrected chi connectivity index (χ1v) is 7.44. The largest absolute Gasteiger partial charge is 0.311 e. The minimum absolute atomic E-state index is 0.792. The average Bonchev–Trinajstić information content (AvgIpc) is 2.87. The van der Waals surface area contributed by atoms with Crippen LogP contribution in [-0.4, -0.2) is 21.5 Å². The van der Waals surface area contributed by atoms with E-state index in [0.29, 0.717) is 0 Å². The Balaban J connectivity index is 2.29. The quantitative estimate of drug-likeness (QED) is 0.831. The Bertz CT molecular complexity index is 536. The van der Waals surface area contributed by atoms with E-state index in [-0.39, 0.29) is 0 Å². The highest BCUT2D eigenvalue weighted by Crippen LogP contribution is 2.21. The molecule has 0 spiro atoms. The molecule has 4 nitrogen and oxygen atoms in total. The summed E-state index contributed by atoms with van der Waals surface area (Å²) in [5.74, 6) is 0. The van der Waals surface area contributed by atoms with Gasteiger partial charge < -0.3 is 5.32 Å². The van der Waals surface area contributed by atoms with Crippen molar-refractivity contribution in [1.82, 2.24) is 20.3 Å². The van der Waals surface area contributed by atoms with E-state index in [1.54, 1.807) is 0 Å². The van der Waals surface area contributed by atoms with Crippen LogP contribution in [0, 0.1) is 0 Å². The Hall–Kier alpha value is -1.20. The lowest BCUT2D eigenvalue weighted by molar-refractivity contribution is 0.640. The van der Waals surface area contributed by atoms with Gasteiger partial charge in [-0.3, -0.25) is 0 Å². The van der Waals surface area contributed by atoms with Crippen molar-refractivity contribution in [3.63, 3.8) is 0 Å². The summed E-state index contributed by atoms with van der Waals surface area (Å²) in [7, 11) is 0. The average molecular weight is 323 g/mol. The van der Waals surface area contributed by atoms with E-state index >= 15 is 0 Å². The van der Waals surface area contributed by atoms with Crippen LogP contribution in [0.2, 0.25) is 0 Å². The van der Waals surface area contributed by atoms with Gasteiger partial charge in [-0.2, -0.15) is 0 Å². The van der Waals surface area contributed by atoms with Gasteiger partial charge in [0.1, 0.15) is 0 Å². The first kappa shape index (κ1) is 14.2. The number of rotatable bonds is 6. The molecule has 0 unspecified atom stereocenters. The van der Waals surface area contributed by atoms with Crippen molar-refractivity contribution >= 4 is 15.9 Å². The second-order valence-corrected chi connectivity index (χ2v) is 5.36. The lowest BCUT2D eigenvalue weighted by Gasteiger charge is -2.11. The number of benzene rings is 1. The normalized spacial score (nSPS) is 10.9. The standard InChI is InChI=1S/C14H19BrN4/c1-3-7-16-9-13-10-17-18-19(13)14-6-5-12(15)8-11(14)4-2/h5-6,8,10,16H,3-4,7,9H2,1-2H3. The third-order valence-corrected chi connectivity index (χ3v) is 3.50. The molecule has 5 heteroatoms. The number of nitrogens with zero attached hydrogens (tertiary/aromatic N) is 3. The van der Waals surface area contributed by atoms with Gasteiger partial charge in [0.15, 0.2) is 0 Å². The molecule has 102 valence electrons. The summed E-state index contributed by atoms with van der Waals surface area (Å²) in [6, 6.07) is 6.26. The monoisotopic (exact) mass is 322 g/mol. The maximum atomic E-state index is 4.21. The number of aryl methyl sites for hydroxylation is 1. The summed E-state index contributed by atoms with van der Waals surface area (Å²) in [6.45, 7) is 6.11. The number of hydrogen-bond donors (Lipinski definition) is 1. The van der Waals surface area contributed by atoms with Crippen molar-refractivity contribution in [3.05, 3.63) is 40.1 Å². The molecule has 2 aromatic rings. The number of hydrogen-bond acceptors (Lipinski definition) is 3. The molecule has 0 aliphatic carbocycles. The van der Waals surface area contributed by atoms with E-state index in [9.17, 15) is 0 Å². The van der Waals surface area contributed by atoms with Gasteiger partial charge in [0.2, 0.25) is 0 Å². The maximum absolute atomic E-state index is 4.21. The fourth-order valence-electron chi connectivity index (χ4n) is 2.02. The molecule has 0 amide bonds. The molecule has 0 aliphatic heterocycles. The van der Waals surface area contributed by atoms with Crippen molar-refractivity contribution < 1.29 is 0 Å². The molecule has 1 aromatic heterocycles. The summed E-state index contributed by atoms with van der Waals surface area (Å²) in [6.07, 6.45) is 3.92. The van der Waals surface area contributed by atoms with Gasteiger partial charge in [-0.15, -0.1) is 5.10 Å². The predicted octanol–water partition coefficient (Wildman–Crippen LogP) is 3.09. The van der Waals surface area contributed by atoms with Crippen molar-refractivity contribution in [2.75, 3.05) is 6.54 Å². The molecule has 0 bridgehead atoms. The van der Waals surface area contributed by atoms with Gasteiger partial charge in [-0.25, -0.2) is 4.68 Å². The van der Waals surface area contributed by atoms with Crippen molar-refractivity contribution in [3.8, 4) is 5.69 Å². The molecule has 0 saturated carbocycles. The van der Waals surface area contributed by atoms with Gasteiger partial charge in [0, 0.05) is 11.0 Å². The highest BCUT2D eigenvalue weighted by Gasteiger charge is 2.09. The first-order chi connectivity index (χ1) is 9.26. The summed E-state index contributed by atoms with van der Waals surface area (Å²) in [5.41, 5.74) is 3.46. The topological polar surface area (TPSA) is 42.7 Å². The molecule has 0 atom stereocenters. The van der Waals surface area contributed by atoms with E-state index in [2.05, 4.69) is 57.5 Å². The third-order valence-electron chi connectivity index (χ3n) is 3.00. The molecule has 1 heterocycles. The van der Waals surface area contributed by atoms with Crippen LogP contribution < -0.4 is 5.32 Å². The third kappa shape index (κ3) is 3.42. The van der Waals surface area contributed by atoms with Gasteiger partial charge in [0.05, 0.1) is 17.6 Å². The molecule has 0 radical (unpaired) electrons. The summed E-state index contributed by atoms with van der Waals surface area (Å²) < 4.78 is 3.02. The Kier molecular flexibility index (Phi) is 5.10. The highest BCUT2D eigenvalue weighted by molar-refractivity contribution is 9.10. The fourth-order valence-corrected chi connectivity index (χ4v) is 2.43. The van der Waals surface area contributed by atoms with Gasteiger partial charge in [-0.05, 0) is 43.1 Å². The van der Waals surface area contributed by atoms with Gasteiger partial charge in [-0.1, -0.05) is 35.0 Å². The van der Waals surface area contributed by atoms with E-state index in [1.807, 2.05) is 16.9 Å². The Labute approximate surface area is 122 Å². The molecule has 19 heavy (non-hydrogen) atoms. The number of halogens is 1. The number of aromatic nitrogens is 3. The Morgan fingerprint density at radius 3 is 2.89 bits per heavy atom. The summed E-state index contributed by atoms with van der Waals surface area (Å²) in [4.78, 5) is 0. The molecule has 1 N–H and O–H groups in total. The van der Waals surface area contributed by atoms with Gasteiger partial charge >= 0.3 is 0 Å². The summed E-state index contributed by atoms with van der Waals surface area (Å²) in [5, 5.41) is 11.6. The molecule has 0 fully saturated rings.